The van der Waals surface area contributed by atoms with Crippen LogP contribution in [-0.2, 0) is 12.0 Å². The molecule has 2 aromatic rings. The minimum atomic E-state index is -0.628. The molecule has 0 spiro atoms. The van der Waals surface area contributed by atoms with Gasteiger partial charge < -0.3 is 14.3 Å². The Morgan fingerprint density at radius 3 is 2.31 bits per heavy atom. The van der Waals surface area contributed by atoms with Crippen LogP contribution >= 0.6 is 0 Å². The summed E-state index contributed by atoms with van der Waals surface area (Å²) in [7, 11) is 4.05. The molecule has 0 heterocycles. The minimum Gasteiger partial charge on any atom is -0.490 e. The standard InChI is InChI=1S/C23H33N2O4/c1-17-7-12-22(21(13-17)23(2,3)4)29-16-20(26)15-25(5,6)14-18-8-10-19(11-9-18)24(27)28/h7-13,20,26H,14-16H2,1-6H3/q+1/t20-/m0/s1. The number of aliphatic hydroxyl groups is 1. The Bertz CT molecular complexity index is 839. The van der Waals surface area contributed by atoms with E-state index in [1.807, 2.05) is 26.2 Å². The SMILES string of the molecule is Cc1ccc(OC[C@@H](O)C[N+](C)(C)Cc2ccc([N+](=O)[O-])cc2)c(C(C)(C)C)c1. The Kier molecular flexibility index (Phi) is 7.03. The first kappa shape index (κ1) is 22.8. The summed E-state index contributed by atoms with van der Waals surface area (Å²) >= 11 is 0. The molecule has 0 aliphatic rings. The number of quaternary nitrogens is 1. The summed E-state index contributed by atoms with van der Waals surface area (Å²) in [5.74, 6) is 0.808. The molecule has 1 N–H and O–H groups in total. The Hall–Kier alpha value is -2.44. The fourth-order valence-corrected chi connectivity index (χ4v) is 3.45. The van der Waals surface area contributed by atoms with Crippen molar-refractivity contribution in [2.24, 2.45) is 0 Å². The number of ether oxygens (including phenoxy) is 1. The molecular weight excluding hydrogens is 368 g/mol. The van der Waals surface area contributed by atoms with Gasteiger partial charge in [-0.3, -0.25) is 10.1 Å². The molecule has 0 bridgehead atoms. The molecule has 2 rings (SSSR count). The van der Waals surface area contributed by atoms with E-state index in [1.165, 1.54) is 17.7 Å². The van der Waals surface area contributed by atoms with Gasteiger partial charge in [-0.1, -0.05) is 38.5 Å². The third kappa shape index (κ3) is 6.84. The van der Waals surface area contributed by atoms with E-state index >= 15 is 0 Å². The molecule has 0 saturated carbocycles. The molecule has 6 heteroatoms. The number of aryl methyl sites for hydroxylation is 1. The highest BCUT2D eigenvalue weighted by Gasteiger charge is 2.24. The molecule has 2 aromatic carbocycles. The van der Waals surface area contributed by atoms with E-state index in [2.05, 4.69) is 33.8 Å². The van der Waals surface area contributed by atoms with Crippen LogP contribution in [0.3, 0.4) is 0 Å². The van der Waals surface area contributed by atoms with Gasteiger partial charge in [-0.05, 0) is 36.1 Å². The molecule has 0 saturated heterocycles. The topological polar surface area (TPSA) is 72.6 Å². The first-order valence-electron chi connectivity index (χ1n) is 9.85. The van der Waals surface area contributed by atoms with Crippen molar-refractivity contribution >= 4 is 5.69 Å². The number of hydrogen-bond acceptors (Lipinski definition) is 4. The van der Waals surface area contributed by atoms with E-state index in [9.17, 15) is 15.2 Å². The largest absolute Gasteiger partial charge is 0.490 e. The van der Waals surface area contributed by atoms with E-state index in [1.54, 1.807) is 12.1 Å². The second-order valence-electron chi connectivity index (χ2n) is 9.41. The summed E-state index contributed by atoms with van der Waals surface area (Å²) in [6.07, 6.45) is -0.628. The zero-order chi connectivity index (χ0) is 21.8. The number of rotatable bonds is 8. The fourth-order valence-electron chi connectivity index (χ4n) is 3.45. The Morgan fingerprint density at radius 1 is 1.14 bits per heavy atom. The average molecular weight is 402 g/mol. The molecule has 0 aliphatic carbocycles. The van der Waals surface area contributed by atoms with Gasteiger partial charge in [0.15, 0.2) is 0 Å². The van der Waals surface area contributed by atoms with Crippen molar-refractivity contribution in [3.05, 3.63) is 69.3 Å². The van der Waals surface area contributed by atoms with E-state index < -0.39 is 11.0 Å². The van der Waals surface area contributed by atoms with Crippen LogP contribution in [0, 0.1) is 17.0 Å². The minimum absolute atomic E-state index is 0.0441. The number of aliphatic hydroxyl groups excluding tert-OH is 1. The second-order valence-corrected chi connectivity index (χ2v) is 9.41. The molecule has 0 fully saturated rings. The highest BCUT2D eigenvalue weighted by Crippen LogP contribution is 2.32. The van der Waals surface area contributed by atoms with Crippen LogP contribution in [0.4, 0.5) is 5.69 Å². The Balaban J connectivity index is 1.98. The molecule has 0 radical (unpaired) electrons. The van der Waals surface area contributed by atoms with Crippen LogP contribution in [-0.4, -0.2) is 47.9 Å². The van der Waals surface area contributed by atoms with Crippen LogP contribution < -0.4 is 4.74 Å². The first-order valence-corrected chi connectivity index (χ1v) is 9.85. The van der Waals surface area contributed by atoms with Crippen molar-refractivity contribution in [1.82, 2.24) is 0 Å². The van der Waals surface area contributed by atoms with Gasteiger partial charge >= 0.3 is 0 Å². The van der Waals surface area contributed by atoms with Crippen molar-refractivity contribution in [2.75, 3.05) is 27.2 Å². The monoisotopic (exact) mass is 401 g/mol. The molecule has 0 amide bonds. The number of nitro groups is 1. The lowest BCUT2D eigenvalue weighted by atomic mass is 9.85. The van der Waals surface area contributed by atoms with Crippen molar-refractivity contribution < 1.29 is 19.2 Å². The van der Waals surface area contributed by atoms with Crippen LogP contribution in [0.15, 0.2) is 42.5 Å². The summed E-state index contributed by atoms with van der Waals surface area (Å²) in [4.78, 5) is 10.4. The maximum absolute atomic E-state index is 10.8. The maximum Gasteiger partial charge on any atom is 0.269 e. The van der Waals surface area contributed by atoms with E-state index in [0.29, 0.717) is 17.6 Å². The van der Waals surface area contributed by atoms with Crippen LogP contribution in [0.2, 0.25) is 0 Å². The normalized spacial score (nSPS) is 13.2. The predicted octanol–water partition coefficient (Wildman–Crippen LogP) is 4.22. The average Bonchev–Trinajstić information content (AvgIpc) is 2.59. The van der Waals surface area contributed by atoms with E-state index in [0.717, 1.165) is 16.9 Å². The van der Waals surface area contributed by atoms with Crippen LogP contribution in [0.1, 0.15) is 37.5 Å². The van der Waals surface area contributed by atoms with E-state index in [-0.39, 0.29) is 17.7 Å². The van der Waals surface area contributed by atoms with Gasteiger partial charge in [-0.2, -0.15) is 0 Å². The number of hydrogen-bond donors (Lipinski definition) is 1. The zero-order valence-electron chi connectivity index (χ0n) is 18.3. The third-order valence-corrected chi connectivity index (χ3v) is 4.84. The van der Waals surface area contributed by atoms with E-state index in [4.69, 9.17) is 4.74 Å². The summed E-state index contributed by atoms with van der Waals surface area (Å²) in [6.45, 7) is 9.89. The fraction of sp³-hybridized carbons (Fsp3) is 0.478. The maximum atomic E-state index is 10.8. The summed E-state index contributed by atoms with van der Waals surface area (Å²) < 4.78 is 6.53. The van der Waals surface area contributed by atoms with Crippen LogP contribution in [0.25, 0.3) is 0 Å². The smallest absolute Gasteiger partial charge is 0.269 e. The van der Waals surface area contributed by atoms with Gasteiger partial charge in [-0.15, -0.1) is 0 Å². The number of benzene rings is 2. The third-order valence-electron chi connectivity index (χ3n) is 4.84. The van der Waals surface area contributed by atoms with Crippen molar-refractivity contribution in [3.63, 3.8) is 0 Å². The second kappa shape index (κ2) is 8.93. The summed E-state index contributed by atoms with van der Waals surface area (Å²) in [5, 5.41) is 21.4. The molecule has 6 nitrogen and oxygen atoms in total. The first-order chi connectivity index (χ1) is 13.4. The van der Waals surface area contributed by atoms with Gasteiger partial charge in [0.1, 0.15) is 31.5 Å². The van der Waals surface area contributed by atoms with Crippen molar-refractivity contribution in [3.8, 4) is 5.75 Å². The molecule has 0 aliphatic heterocycles. The predicted molar refractivity (Wildman–Crippen MR) is 115 cm³/mol. The molecule has 29 heavy (non-hydrogen) atoms. The zero-order valence-corrected chi connectivity index (χ0v) is 18.3. The van der Waals surface area contributed by atoms with Crippen molar-refractivity contribution in [2.45, 2.75) is 45.8 Å². The number of non-ortho nitro benzene ring substituents is 1. The van der Waals surface area contributed by atoms with Gasteiger partial charge in [0.2, 0.25) is 0 Å². The molecule has 158 valence electrons. The number of nitro benzene ring substituents is 1. The summed E-state index contributed by atoms with van der Waals surface area (Å²) in [6, 6.07) is 12.7. The Labute approximate surface area is 173 Å². The van der Waals surface area contributed by atoms with Gasteiger partial charge in [0, 0.05) is 17.7 Å². The van der Waals surface area contributed by atoms with Gasteiger partial charge in [-0.25, -0.2) is 0 Å². The molecule has 0 aromatic heterocycles. The van der Waals surface area contributed by atoms with Gasteiger partial charge in [0.25, 0.3) is 5.69 Å². The Morgan fingerprint density at radius 2 is 1.76 bits per heavy atom. The highest BCUT2D eigenvalue weighted by molar-refractivity contribution is 5.41. The molecule has 0 unspecified atom stereocenters. The van der Waals surface area contributed by atoms with Crippen molar-refractivity contribution in [1.29, 1.82) is 0 Å². The lowest BCUT2D eigenvalue weighted by Gasteiger charge is -2.32. The molecule has 1 atom stereocenters. The summed E-state index contributed by atoms with van der Waals surface area (Å²) in [5.41, 5.74) is 3.34. The number of nitrogens with zero attached hydrogens (tertiary/aromatic N) is 2. The lowest BCUT2D eigenvalue weighted by Crippen LogP contribution is -2.46. The number of likely N-dealkylation sites (N-methyl/N-ethyl adjacent to an activating group) is 1. The molecular formula is C23H33N2O4+. The highest BCUT2D eigenvalue weighted by atomic mass is 16.6. The van der Waals surface area contributed by atoms with Crippen LogP contribution in [0.5, 0.6) is 5.75 Å². The quantitative estimate of drug-likeness (QED) is 0.408. The van der Waals surface area contributed by atoms with Gasteiger partial charge in [0.05, 0.1) is 19.0 Å². The lowest BCUT2D eigenvalue weighted by molar-refractivity contribution is -0.906.